The maximum Gasteiger partial charge on any atom is 0.323 e. The molecule has 1 amide bonds. The lowest BCUT2D eigenvalue weighted by molar-refractivity contribution is -0.145. The molecule has 2 aromatic rings. The minimum absolute atomic E-state index is 0.0400. The second-order valence-electron chi connectivity index (χ2n) is 5.35. The van der Waals surface area contributed by atoms with E-state index in [0.717, 1.165) is 4.88 Å². The van der Waals surface area contributed by atoms with E-state index in [1.165, 1.54) is 16.2 Å². The molecule has 1 N–H and O–H groups in total. The number of thiophene rings is 1. The molecule has 0 aliphatic heterocycles. The molecule has 1 unspecified atom stereocenters. The molecular formula is C16H20N2O4S. The average molecular weight is 336 g/mol. The number of carbonyl (C=O) groups is 2. The van der Waals surface area contributed by atoms with Gasteiger partial charge in [-0.1, -0.05) is 13.0 Å². The molecule has 23 heavy (non-hydrogen) atoms. The standard InChI is InChI=1S/C16H20N2O4S/c1-4-10(2)18(9-15(20)21)14(19)8-12-11(3)22-16(17-12)13-6-5-7-23-13/h5-7,10H,4,8-9H2,1-3H3,(H,20,21). The monoisotopic (exact) mass is 336 g/mol. The molecule has 124 valence electrons. The lowest BCUT2D eigenvalue weighted by Crippen LogP contribution is -2.42. The highest BCUT2D eigenvalue weighted by Crippen LogP contribution is 2.26. The number of hydrogen-bond acceptors (Lipinski definition) is 5. The Labute approximate surface area is 138 Å². The van der Waals surface area contributed by atoms with Crippen LogP contribution in [0.15, 0.2) is 21.9 Å². The van der Waals surface area contributed by atoms with Crippen molar-refractivity contribution in [1.82, 2.24) is 9.88 Å². The summed E-state index contributed by atoms with van der Waals surface area (Å²) in [6.45, 7) is 5.22. The summed E-state index contributed by atoms with van der Waals surface area (Å²) in [5.41, 5.74) is 0.553. The molecule has 0 radical (unpaired) electrons. The summed E-state index contributed by atoms with van der Waals surface area (Å²) in [5, 5.41) is 10.9. The van der Waals surface area contributed by atoms with Crippen LogP contribution in [0.2, 0.25) is 0 Å². The normalized spacial score (nSPS) is 12.1. The first-order chi connectivity index (χ1) is 10.9. The molecule has 0 bridgehead atoms. The largest absolute Gasteiger partial charge is 0.480 e. The fourth-order valence-corrected chi connectivity index (χ4v) is 2.85. The zero-order valence-electron chi connectivity index (χ0n) is 13.4. The fraction of sp³-hybridized carbons (Fsp3) is 0.438. The van der Waals surface area contributed by atoms with Crippen LogP contribution in [0.5, 0.6) is 0 Å². The van der Waals surface area contributed by atoms with Gasteiger partial charge >= 0.3 is 5.97 Å². The van der Waals surface area contributed by atoms with E-state index in [2.05, 4.69) is 4.98 Å². The summed E-state index contributed by atoms with van der Waals surface area (Å²) in [7, 11) is 0. The third-order valence-corrected chi connectivity index (χ3v) is 4.55. The third kappa shape index (κ3) is 4.19. The molecule has 2 rings (SSSR count). The van der Waals surface area contributed by atoms with Gasteiger partial charge in [-0.2, -0.15) is 0 Å². The Hall–Kier alpha value is -2.15. The summed E-state index contributed by atoms with van der Waals surface area (Å²) in [6, 6.07) is 3.67. The van der Waals surface area contributed by atoms with Crippen molar-refractivity contribution < 1.29 is 19.1 Å². The SMILES string of the molecule is CCC(C)N(CC(=O)O)C(=O)Cc1nc(-c2cccs2)oc1C. The Morgan fingerprint density at radius 1 is 1.48 bits per heavy atom. The zero-order valence-corrected chi connectivity index (χ0v) is 14.2. The number of carboxylic acids is 1. The van der Waals surface area contributed by atoms with Crippen molar-refractivity contribution in [2.45, 2.75) is 39.7 Å². The second-order valence-corrected chi connectivity index (χ2v) is 6.30. The fourth-order valence-electron chi connectivity index (χ4n) is 2.20. The first-order valence-corrected chi connectivity index (χ1v) is 8.31. The number of oxazole rings is 1. The maximum atomic E-state index is 12.5. The molecule has 0 aromatic carbocycles. The molecule has 0 aliphatic carbocycles. The first-order valence-electron chi connectivity index (χ1n) is 7.43. The van der Waals surface area contributed by atoms with Crippen LogP contribution in [-0.2, 0) is 16.0 Å². The predicted octanol–water partition coefficient (Wildman–Crippen LogP) is 2.97. The molecule has 1 atom stereocenters. The minimum atomic E-state index is -1.02. The lowest BCUT2D eigenvalue weighted by Gasteiger charge is -2.26. The number of carboxylic acid groups (broad SMARTS) is 1. The Kier molecular flexibility index (Phi) is 5.54. The molecule has 0 fully saturated rings. The molecular weight excluding hydrogens is 316 g/mol. The van der Waals surface area contributed by atoms with Crippen molar-refractivity contribution in [3.05, 3.63) is 29.0 Å². The zero-order chi connectivity index (χ0) is 17.0. The van der Waals surface area contributed by atoms with Gasteiger partial charge in [-0.05, 0) is 31.7 Å². The van der Waals surface area contributed by atoms with Crippen LogP contribution in [0.1, 0.15) is 31.7 Å². The molecule has 6 nitrogen and oxygen atoms in total. The molecule has 2 aromatic heterocycles. The third-order valence-electron chi connectivity index (χ3n) is 3.69. The van der Waals surface area contributed by atoms with E-state index >= 15 is 0 Å². The van der Waals surface area contributed by atoms with Crippen molar-refractivity contribution in [2.24, 2.45) is 0 Å². The van der Waals surface area contributed by atoms with Crippen LogP contribution in [-0.4, -0.2) is 39.5 Å². The Bertz CT molecular complexity index is 678. The van der Waals surface area contributed by atoms with E-state index in [4.69, 9.17) is 9.52 Å². The lowest BCUT2D eigenvalue weighted by atomic mass is 10.1. The quantitative estimate of drug-likeness (QED) is 0.840. The van der Waals surface area contributed by atoms with Crippen LogP contribution in [0.4, 0.5) is 0 Å². The van der Waals surface area contributed by atoms with Gasteiger partial charge < -0.3 is 14.4 Å². The molecule has 2 heterocycles. The molecule has 7 heteroatoms. The molecule has 0 spiro atoms. The van der Waals surface area contributed by atoms with Crippen molar-refractivity contribution >= 4 is 23.2 Å². The number of nitrogens with zero attached hydrogens (tertiary/aromatic N) is 2. The Balaban J connectivity index is 2.16. The van der Waals surface area contributed by atoms with Gasteiger partial charge in [0.2, 0.25) is 11.8 Å². The highest BCUT2D eigenvalue weighted by Gasteiger charge is 2.24. The topological polar surface area (TPSA) is 83.6 Å². The molecule has 0 saturated carbocycles. The molecule has 0 aliphatic rings. The van der Waals surface area contributed by atoms with E-state index in [1.807, 2.05) is 31.4 Å². The highest BCUT2D eigenvalue weighted by atomic mass is 32.1. The van der Waals surface area contributed by atoms with Gasteiger partial charge in [0.25, 0.3) is 0 Å². The van der Waals surface area contributed by atoms with E-state index < -0.39 is 5.97 Å². The smallest absolute Gasteiger partial charge is 0.323 e. The van der Waals surface area contributed by atoms with Crippen LogP contribution in [0, 0.1) is 6.92 Å². The van der Waals surface area contributed by atoms with Crippen molar-refractivity contribution in [1.29, 1.82) is 0 Å². The van der Waals surface area contributed by atoms with Gasteiger partial charge in [-0.15, -0.1) is 11.3 Å². The van der Waals surface area contributed by atoms with Gasteiger partial charge in [-0.3, -0.25) is 9.59 Å². The van der Waals surface area contributed by atoms with Crippen LogP contribution >= 0.6 is 11.3 Å². The highest BCUT2D eigenvalue weighted by molar-refractivity contribution is 7.13. The summed E-state index contributed by atoms with van der Waals surface area (Å²) in [5.74, 6) is -0.194. The van der Waals surface area contributed by atoms with Gasteiger partial charge in [0.15, 0.2) is 0 Å². The van der Waals surface area contributed by atoms with Crippen LogP contribution in [0.25, 0.3) is 10.8 Å². The van der Waals surface area contributed by atoms with Crippen molar-refractivity contribution in [2.75, 3.05) is 6.54 Å². The van der Waals surface area contributed by atoms with Gasteiger partial charge in [0.05, 0.1) is 17.0 Å². The number of hydrogen-bond donors (Lipinski definition) is 1. The van der Waals surface area contributed by atoms with E-state index in [0.29, 0.717) is 23.8 Å². The van der Waals surface area contributed by atoms with Crippen molar-refractivity contribution in [3.8, 4) is 10.8 Å². The molecule has 0 saturated heterocycles. The summed E-state index contributed by atoms with van der Waals surface area (Å²) in [6.07, 6.45) is 0.732. The van der Waals surface area contributed by atoms with E-state index in [-0.39, 0.29) is 24.9 Å². The van der Waals surface area contributed by atoms with Crippen molar-refractivity contribution in [3.63, 3.8) is 0 Å². The minimum Gasteiger partial charge on any atom is -0.480 e. The Morgan fingerprint density at radius 3 is 2.78 bits per heavy atom. The van der Waals surface area contributed by atoms with Gasteiger partial charge in [-0.25, -0.2) is 4.98 Å². The van der Waals surface area contributed by atoms with Crippen LogP contribution in [0.3, 0.4) is 0 Å². The van der Waals surface area contributed by atoms with Gasteiger partial charge in [0, 0.05) is 6.04 Å². The first kappa shape index (κ1) is 17.2. The second kappa shape index (κ2) is 7.41. The number of aromatic nitrogens is 1. The number of rotatable bonds is 7. The summed E-state index contributed by atoms with van der Waals surface area (Å²) >= 11 is 1.51. The predicted molar refractivity (Wildman–Crippen MR) is 87.4 cm³/mol. The van der Waals surface area contributed by atoms with E-state index in [1.54, 1.807) is 6.92 Å². The Morgan fingerprint density at radius 2 is 2.22 bits per heavy atom. The van der Waals surface area contributed by atoms with Crippen LogP contribution < -0.4 is 0 Å². The van der Waals surface area contributed by atoms with Gasteiger partial charge in [0.1, 0.15) is 12.3 Å². The summed E-state index contributed by atoms with van der Waals surface area (Å²) < 4.78 is 5.62. The number of aryl methyl sites for hydroxylation is 1. The maximum absolute atomic E-state index is 12.5. The number of aliphatic carboxylic acids is 1. The number of amides is 1. The average Bonchev–Trinajstić information content (AvgIpc) is 3.14. The number of carbonyl (C=O) groups excluding carboxylic acids is 1. The van der Waals surface area contributed by atoms with E-state index in [9.17, 15) is 9.59 Å². The summed E-state index contributed by atoms with van der Waals surface area (Å²) in [4.78, 5) is 30.1.